The van der Waals surface area contributed by atoms with E-state index in [1.807, 2.05) is 0 Å². The van der Waals surface area contributed by atoms with Crippen LogP contribution in [0.1, 0.15) is 38.2 Å². The summed E-state index contributed by atoms with van der Waals surface area (Å²) in [5.74, 6) is 1.33. The first-order valence-corrected chi connectivity index (χ1v) is 7.88. The number of nitrogens with zero attached hydrogens (tertiary/aromatic N) is 2. The Balaban J connectivity index is 2.01. The van der Waals surface area contributed by atoms with Gasteiger partial charge in [0.15, 0.2) is 0 Å². The number of hydrogen-bond donors (Lipinski definition) is 1. The first-order chi connectivity index (χ1) is 9.60. The molecule has 0 saturated heterocycles. The highest BCUT2D eigenvalue weighted by molar-refractivity contribution is 7.99. The van der Waals surface area contributed by atoms with Crippen LogP contribution in [0.4, 0.5) is 5.82 Å². The third-order valence-electron chi connectivity index (χ3n) is 3.66. The lowest BCUT2D eigenvalue weighted by atomic mass is 10.1. The lowest BCUT2D eigenvalue weighted by Gasteiger charge is -2.14. The summed E-state index contributed by atoms with van der Waals surface area (Å²) in [6, 6.07) is 0. The van der Waals surface area contributed by atoms with Crippen molar-refractivity contribution in [2.24, 2.45) is 5.41 Å². The van der Waals surface area contributed by atoms with E-state index in [1.165, 1.54) is 13.4 Å². The fraction of sp³-hybridized carbons (Fsp3) is 0.643. The molecule has 6 heteroatoms. The molecule has 1 aromatic heterocycles. The number of carbonyl (C=O) groups excluding carboxylic acids is 1. The van der Waals surface area contributed by atoms with Crippen molar-refractivity contribution in [3.8, 4) is 0 Å². The van der Waals surface area contributed by atoms with Gasteiger partial charge in [0.05, 0.1) is 13.5 Å². The molecular formula is C14H21N3O2S. The average Bonchev–Trinajstić information content (AvgIpc) is 3.19. The third-order valence-corrected chi connectivity index (χ3v) is 5.04. The van der Waals surface area contributed by atoms with Crippen LogP contribution in [0, 0.1) is 5.41 Å². The van der Waals surface area contributed by atoms with Gasteiger partial charge in [-0.3, -0.25) is 4.79 Å². The van der Waals surface area contributed by atoms with Crippen molar-refractivity contribution in [2.75, 3.05) is 18.6 Å². The molecular weight excluding hydrogens is 274 g/mol. The van der Waals surface area contributed by atoms with Gasteiger partial charge >= 0.3 is 5.97 Å². The molecule has 0 amide bonds. The molecule has 2 N–H and O–H groups in total. The highest BCUT2D eigenvalue weighted by Gasteiger charge is 2.44. The van der Waals surface area contributed by atoms with Crippen molar-refractivity contribution in [2.45, 2.75) is 44.1 Å². The predicted molar refractivity (Wildman–Crippen MR) is 79.5 cm³/mol. The van der Waals surface area contributed by atoms with Gasteiger partial charge in [0.1, 0.15) is 17.2 Å². The number of thioether (sulfide) groups is 1. The van der Waals surface area contributed by atoms with Crippen LogP contribution in [0.3, 0.4) is 0 Å². The summed E-state index contributed by atoms with van der Waals surface area (Å²) >= 11 is 1.68. The number of ether oxygens (including phenoxy) is 1. The van der Waals surface area contributed by atoms with Crippen molar-refractivity contribution in [1.82, 2.24) is 9.97 Å². The number of nitrogens with two attached hydrogens (primary N) is 1. The number of nitrogen functional groups attached to an aromatic ring is 1. The maximum Gasteiger partial charge on any atom is 0.306 e. The maximum absolute atomic E-state index is 11.4. The second kappa shape index (κ2) is 6.43. The van der Waals surface area contributed by atoms with E-state index in [1.54, 1.807) is 11.8 Å². The zero-order chi connectivity index (χ0) is 14.6. The number of carbonyl (C=O) groups is 1. The van der Waals surface area contributed by atoms with Gasteiger partial charge < -0.3 is 10.5 Å². The Labute approximate surface area is 123 Å². The topological polar surface area (TPSA) is 78.1 Å². The highest BCUT2D eigenvalue weighted by atomic mass is 32.2. The fourth-order valence-corrected chi connectivity index (χ4v) is 3.50. The van der Waals surface area contributed by atoms with Gasteiger partial charge in [0, 0.05) is 11.3 Å². The molecule has 2 rings (SSSR count). The minimum absolute atomic E-state index is 0.0982. The van der Waals surface area contributed by atoms with Crippen LogP contribution in [-0.2, 0) is 16.0 Å². The Morgan fingerprint density at radius 3 is 2.85 bits per heavy atom. The van der Waals surface area contributed by atoms with Crippen molar-refractivity contribution in [3.63, 3.8) is 0 Å². The molecule has 0 aromatic carbocycles. The van der Waals surface area contributed by atoms with E-state index in [0.29, 0.717) is 12.2 Å². The van der Waals surface area contributed by atoms with Crippen molar-refractivity contribution < 1.29 is 9.53 Å². The standard InChI is InChI=1S/C14H21N3O2S/c1-3-4-10-12(15)16-9-17-13(10)20-8-14(5-6-14)7-11(18)19-2/h9H,3-8H2,1-2H3,(H2,15,16,17). The van der Waals surface area contributed by atoms with Crippen LogP contribution >= 0.6 is 11.8 Å². The zero-order valence-corrected chi connectivity index (χ0v) is 12.8. The zero-order valence-electron chi connectivity index (χ0n) is 12.0. The van der Waals surface area contributed by atoms with Gasteiger partial charge in [0.2, 0.25) is 0 Å². The summed E-state index contributed by atoms with van der Waals surface area (Å²) in [6.45, 7) is 2.11. The van der Waals surface area contributed by atoms with Gasteiger partial charge in [-0.25, -0.2) is 9.97 Å². The number of aromatic nitrogens is 2. The Morgan fingerprint density at radius 1 is 1.50 bits per heavy atom. The molecule has 110 valence electrons. The Hall–Kier alpha value is -1.30. The average molecular weight is 295 g/mol. The van der Waals surface area contributed by atoms with E-state index >= 15 is 0 Å². The highest BCUT2D eigenvalue weighted by Crippen LogP contribution is 2.52. The first-order valence-electron chi connectivity index (χ1n) is 6.89. The molecule has 0 bridgehead atoms. The van der Waals surface area contributed by atoms with Crippen LogP contribution in [-0.4, -0.2) is 28.8 Å². The molecule has 0 atom stereocenters. The second-order valence-corrected chi connectivity index (χ2v) is 6.30. The lowest BCUT2D eigenvalue weighted by molar-refractivity contribution is -0.141. The molecule has 1 saturated carbocycles. The summed E-state index contributed by atoms with van der Waals surface area (Å²) in [6.07, 6.45) is 6.08. The van der Waals surface area contributed by atoms with E-state index in [0.717, 1.165) is 42.0 Å². The molecule has 0 spiro atoms. The van der Waals surface area contributed by atoms with E-state index in [-0.39, 0.29) is 11.4 Å². The third kappa shape index (κ3) is 3.62. The van der Waals surface area contributed by atoms with Crippen LogP contribution in [0.15, 0.2) is 11.4 Å². The molecule has 1 fully saturated rings. The summed E-state index contributed by atoms with van der Waals surface area (Å²) in [4.78, 5) is 19.8. The first kappa shape index (κ1) is 15.1. The van der Waals surface area contributed by atoms with E-state index in [9.17, 15) is 4.79 Å². The van der Waals surface area contributed by atoms with Gasteiger partial charge in [-0.1, -0.05) is 13.3 Å². The number of anilines is 1. The van der Waals surface area contributed by atoms with E-state index < -0.39 is 0 Å². The van der Waals surface area contributed by atoms with Gasteiger partial charge in [0.25, 0.3) is 0 Å². The van der Waals surface area contributed by atoms with E-state index in [2.05, 4.69) is 16.9 Å². The molecule has 1 aliphatic carbocycles. The number of hydrogen-bond acceptors (Lipinski definition) is 6. The van der Waals surface area contributed by atoms with Crippen molar-refractivity contribution in [3.05, 3.63) is 11.9 Å². The summed E-state index contributed by atoms with van der Waals surface area (Å²) in [5, 5.41) is 0.954. The van der Waals surface area contributed by atoms with Crippen molar-refractivity contribution in [1.29, 1.82) is 0 Å². The Morgan fingerprint density at radius 2 is 2.25 bits per heavy atom. The number of rotatable bonds is 7. The minimum atomic E-state index is -0.126. The summed E-state index contributed by atoms with van der Waals surface area (Å²) in [5.41, 5.74) is 7.06. The van der Waals surface area contributed by atoms with Crippen LogP contribution in [0.25, 0.3) is 0 Å². The molecule has 1 aliphatic rings. The summed E-state index contributed by atoms with van der Waals surface area (Å²) < 4.78 is 4.77. The normalized spacial score (nSPS) is 15.9. The molecule has 20 heavy (non-hydrogen) atoms. The van der Waals surface area contributed by atoms with Gasteiger partial charge in [-0.15, -0.1) is 11.8 Å². The maximum atomic E-state index is 11.4. The van der Waals surface area contributed by atoms with Crippen molar-refractivity contribution >= 4 is 23.5 Å². The van der Waals surface area contributed by atoms with Crippen LogP contribution in [0.5, 0.6) is 0 Å². The summed E-state index contributed by atoms with van der Waals surface area (Å²) in [7, 11) is 1.44. The van der Waals surface area contributed by atoms with Gasteiger partial charge in [-0.05, 0) is 24.7 Å². The predicted octanol–water partition coefficient (Wildman–Crippen LogP) is 2.45. The molecule has 0 unspecified atom stereocenters. The van der Waals surface area contributed by atoms with Crippen LogP contribution in [0.2, 0.25) is 0 Å². The fourth-order valence-electron chi connectivity index (χ4n) is 2.17. The molecule has 1 heterocycles. The molecule has 1 aromatic rings. The smallest absolute Gasteiger partial charge is 0.306 e. The largest absolute Gasteiger partial charge is 0.469 e. The number of esters is 1. The quantitative estimate of drug-likeness (QED) is 0.473. The minimum Gasteiger partial charge on any atom is -0.469 e. The Bertz CT molecular complexity index is 489. The lowest BCUT2D eigenvalue weighted by Crippen LogP contribution is -2.13. The molecule has 0 aliphatic heterocycles. The SMILES string of the molecule is CCCc1c(N)ncnc1SCC1(CC(=O)OC)CC1. The van der Waals surface area contributed by atoms with E-state index in [4.69, 9.17) is 10.5 Å². The van der Waals surface area contributed by atoms with Crippen LogP contribution < -0.4 is 5.73 Å². The molecule has 0 radical (unpaired) electrons. The second-order valence-electron chi connectivity index (χ2n) is 5.33. The molecule has 5 nitrogen and oxygen atoms in total. The number of methoxy groups -OCH3 is 1. The monoisotopic (exact) mass is 295 g/mol. The Kier molecular flexibility index (Phi) is 4.86. The van der Waals surface area contributed by atoms with Gasteiger partial charge in [-0.2, -0.15) is 0 Å².